The van der Waals surface area contributed by atoms with Gasteiger partial charge in [0.15, 0.2) is 11.5 Å². The molecule has 3 atom stereocenters. The molecular formula is C15H21NO4. The van der Waals surface area contributed by atoms with Crippen molar-refractivity contribution in [2.75, 3.05) is 20.2 Å². The van der Waals surface area contributed by atoms with E-state index in [1.165, 1.54) is 7.11 Å². The number of methoxy groups -OCH3 is 1. The molecule has 0 saturated carbocycles. The molecule has 2 rings (SSSR count). The SMILES string of the molecule is COc1cc(C(C)N2CC(C)C(C(=O)O)C2)ccc1O. The lowest BCUT2D eigenvalue weighted by atomic mass is 9.99. The summed E-state index contributed by atoms with van der Waals surface area (Å²) in [5.74, 6) is -0.334. The molecule has 5 heteroatoms. The van der Waals surface area contributed by atoms with Crippen LogP contribution in [0.25, 0.3) is 0 Å². The fraction of sp³-hybridized carbons (Fsp3) is 0.533. The molecule has 1 saturated heterocycles. The van der Waals surface area contributed by atoms with E-state index in [1.54, 1.807) is 12.1 Å². The highest BCUT2D eigenvalue weighted by atomic mass is 16.5. The summed E-state index contributed by atoms with van der Waals surface area (Å²) in [6.07, 6.45) is 0. The number of benzene rings is 1. The van der Waals surface area contributed by atoms with E-state index in [9.17, 15) is 15.0 Å². The number of hydrogen-bond acceptors (Lipinski definition) is 4. The second-order valence-corrected chi connectivity index (χ2v) is 5.48. The number of rotatable bonds is 4. The van der Waals surface area contributed by atoms with Crippen LogP contribution in [-0.4, -0.2) is 41.3 Å². The minimum absolute atomic E-state index is 0.0938. The van der Waals surface area contributed by atoms with Gasteiger partial charge in [0.25, 0.3) is 0 Å². The van der Waals surface area contributed by atoms with Crippen LogP contribution in [0.15, 0.2) is 18.2 Å². The fourth-order valence-electron chi connectivity index (χ4n) is 2.81. The zero-order chi connectivity index (χ0) is 14.9. The zero-order valence-corrected chi connectivity index (χ0v) is 12.0. The Morgan fingerprint density at radius 1 is 1.45 bits per heavy atom. The van der Waals surface area contributed by atoms with Gasteiger partial charge in [-0.05, 0) is 30.5 Å². The number of hydrogen-bond donors (Lipinski definition) is 2. The summed E-state index contributed by atoms with van der Waals surface area (Å²) in [5.41, 5.74) is 1.01. The number of phenols is 1. The van der Waals surface area contributed by atoms with Crippen LogP contribution in [0.4, 0.5) is 0 Å². The van der Waals surface area contributed by atoms with Gasteiger partial charge in [-0.2, -0.15) is 0 Å². The Balaban J connectivity index is 2.16. The molecule has 2 N–H and O–H groups in total. The van der Waals surface area contributed by atoms with Gasteiger partial charge in [-0.1, -0.05) is 13.0 Å². The van der Waals surface area contributed by atoms with Gasteiger partial charge in [0.05, 0.1) is 13.0 Å². The Morgan fingerprint density at radius 2 is 2.15 bits per heavy atom. The van der Waals surface area contributed by atoms with Crippen molar-refractivity contribution in [3.63, 3.8) is 0 Å². The number of ether oxygens (including phenoxy) is 1. The summed E-state index contributed by atoms with van der Waals surface area (Å²) >= 11 is 0. The Morgan fingerprint density at radius 3 is 2.70 bits per heavy atom. The monoisotopic (exact) mass is 279 g/mol. The van der Waals surface area contributed by atoms with Gasteiger partial charge >= 0.3 is 5.97 Å². The summed E-state index contributed by atoms with van der Waals surface area (Å²) in [5, 5.41) is 18.8. The Hall–Kier alpha value is -1.75. The minimum Gasteiger partial charge on any atom is -0.504 e. The molecule has 20 heavy (non-hydrogen) atoms. The molecule has 1 aliphatic heterocycles. The highest BCUT2D eigenvalue weighted by Crippen LogP contribution is 2.34. The van der Waals surface area contributed by atoms with Crippen molar-refractivity contribution < 1.29 is 19.7 Å². The van der Waals surface area contributed by atoms with Gasteiger partial charge < -0.3 is 14.9 Å². The number of carbonyl (C=O) groups is 1. The van der Waals surface area contributed by atoms with E-state index in [4.69, 9.17) is 4.74 Å². The number of aromatic hydroxyl groups is 1. The van der Waals surface area contributed by atoms with Crippen molar-refractivity contribution in [2.45, 2.75) is 19.9 Å². The van der Waals surface area contributed by atoms with Crippen molar-refractivity contribution >= 4 is 5.97 Å². The van der Waals surface area contributed by atoms with Gasteiger partial charge in [-0.3, -0.25) is 9.69 Å². The van der Waals surface area contributed by atoms with Crippen molar-refractivity contribution in [1.29, 1.82) is 0 Å². The molecule has 0 spiro atoms. The van der Waals surface area contributed by atoms with E-state index in [-0.39, 0.29) is 23.6 Å². The molecule has 1 aromatic carbocycles. The van der Waals surface area contributed by atoms with Crippen LogP contribution in [0.2, 0.25) is 0 Å². The van der Waals surface area contributed by atoms with E-state index in [1.807, 2.05) is 19.9 Å². The number of carboxylic acids is 1. The summed E-state index contributed by atoms with van der Waals surface area (Å²) < 4.78 is 5.12. The van der Waals surface area contributed by atoms with Crippen LogP contribution in [0.1, 0.15) is 25.5 Å². The third kappa shape index (κ3) is 2.72. The Kier molecular flexibility index (Phi) is 4.18. The van der Waals surface area contributed by atoms with E-state index in [0.717, 1.165) is 12.1 Å². The highest BCUT2D eigenvalue weighted by molar-refractivity contribution is 5.71. The van der Waals surface area contributed by atoms with Crippen LogP contribution >= 0.6 is 0 Å². The van der Waals surface area contributed by atoms with Gasteiger partial charge in [-0.15, -0.1) is 0 Å². The minimum atomic E-state index is -0.726. The Labute approximate surface area is 118 Å². The first-order chi connectivity index (χ1) is 9.43. The summed E-state index contributed by atoms with van der Waals surface area (Å²) in [6.45, 7) is 5.34. The van der Waals surface area contributed by atoms with E-state index >= 15 is 0 Å². The molecule has 1 fully saturated rings. The standard InChI is InChI=1S/C15H21NO4/c1-9-7-16(8-12(9)15(18)19)10(2)11-4-5-13(17)14(6-11)20-3/h4-6,9-10,12,17H,7-8H2,1-3H3,(H,18,19). The van der Waals surface area contributed by atoms with Gasteiger partial charge in [0.2, 0.25) is 0 Å². The maximum Gasteiger partial charge on any atom is 0.308 e. The predicted octanol–water partition coefficient (Wildman–Crippen LogP) is 2.11. The van der Waals surface area contributed by atoms with Crippen molar-refractivity contribution in [3.8, 4) is 11.5 Å². The largest absolute Gasteiger partial charge is 0.504 e. The van der Waals surface area contributed by atoms with Crippen molar-refractivity contribution in [2.24, 2.45) is 11.8 Å². The third-order valence-electron chi connectivity index (χ3n) is 4.19. The molecule has 110 valence electrons. The second kappa shape index (κ2) is 5.71. The van der Waals surface area contributed by atoms with Gasteiger partial charge in [0, 0.05) is 19.1 Å². The quantitative estimate of drug-likeness (QED) is 0.883. The lowest BCUT2D eigenvalue weighted by Gasteiger charge is -2.25. The number of phenolic OH excluding ortho intramolecular Hbond substituents is 1. The topological polar surface area (TPSA) is 70.0 Å². The van der Waals surface area contributed by atoms with Crippen LogP contribution < -0.4 is 4.74 Å². The number of carboxylic acid groups (broad SMARTS) is 1. The molecule has 3 unspecified atom stereocenters. The molecule has 0 aromatic heterocycles. The Bertz CT molecular complexity index is 503. The predicted molar refractivity (Wildman–Crippen MR) is 74.9 cm³/mol. The van der Waals surface area contributed by atoms with E-state index in [2.05, 4.69) is 4.90 Å². The normalized spacial score (nSPS) is 24.6. The number of aliphatic carboxylic acids is 1. The maximum atomic E-state index is 11.2. The van der Waals surface area contributed by atoms with Crippen LogP contribution in [0.3, 0.4) is 0 Å². The average molecular weight is 279 g/mol. The molecule has 0 aliphatic carbocycles. The van der Waals surface area contributed by atoms with E-state index in [0.29, 0.717) is 12.3 Å². The zero-order valence-electron chi connectivity index (χ0n) is 12.0. The smallest absolute Gasteiger partial charge is 0.308 e. The van der Waals surface area contributed by atoms with Gasteiger partial charge in [-0.25, -0.2) is 0 Å². The van der Waals surface area contributed by atoms with Crippen LogP contribution in [-0.2, 0) is 4.79 Å². The molecule has 1 aromatic rings. The van der Waals surface area contributed by atoms with Crippen LogP contribution in [0, 0.1) is 11.8 Å². The van der Waals surface area contributed by atoms with Crippen molar-refractivity contribution in [3.05, 3.63) is 23.8 Å². The van der Waals surface area contributed by atoms with E-state index < -0.39 is 5.97 Å². The first-order valence-electron chi connectivity index (χ1n) is 6.77. The number of likely N-dealkylation sites (tertiary alicyclic amines) is 1. The lowest BCUT2D eigenvalue weighted by molar-refractivity contribution is -0.142. The summed E-state index contributed by atoms with van der Waals surface area (Å²) in [7, 11) is 1.52. The van der Waals surface area contributed by atoms with Crippen LogP contribution in [0.5, 0.6) is 11.5 Å². The van der Waals surface area contributed by atoms with Crippen molar-refractivity contribution in [1.82, 2.24) is 4.90 Å². The third-order valence-corrected chi connectivity index (χ3v) is 4.19. The maximum absolute atomic E-state index is 11.2. The molecule has 1 aliphatic rings. The molecule has 0 bridgehead atoms. The fourth-order valence-corrected chi connectivity index (χ4v) is 2.81. The molecular weight excluding hydrogens is 258 g/mol. The summed E-state index contributed by atoms with van der Waals surface area (Å²) in [6, 6.07) is 5.36. The molecule has 0 amide bonds. The molecule has 1 heterocycles. The van der Waals surface area contributed by atoms with Gasteiger partial charge in [0.1, 0.15) is 0 Å². The highest BCUT2D eigenvalue weighted by Gasteiger charge is 2.36. The molecule has 0 radical (unpaired) electrons. The first-order valence-corrected chi connectivity index (χ1v) is 6.77. The molecule has 5 nitrogen and oxygen atoms in total. The average Bonchev–Trinajstić information content (AvgIpc) is 2.80. The second-order valence-electron chi connectivity index (χ2n) is 5.48. The first kappa shape index (κ1) is 14.7. The lowest BCUT2D eigenvalue weighted by Crippen LogP contribution is -2.26. The number of nitrogens with zero attached hydrogens (tertiary/aromatic N) is 1. The summed E-state index contributed by atoms with van der Waals surface area (Å²) in [4.78, 5) is 13.3.